The number of hydrogen-bond donors (Lipinski definition) is 1. The Morgan fingerprint density at radius 2 is 1.61 bits per heavy atom. The molecule has 1 saturated heterocycles. The van der Waals surface area contributed by atoms with Crippen LogP contribution in [0.1, 0.15) is 18.9 Å². The Morgan fingerprint density at radius 1 is 0.929 bits per heavy atom. The number of piperazine rings is 1. The third kappa shape index (κ3) is 4.03. The summed E-state index contributed by atoms with van der Waals surface area (Å²) in [5.41, 5.74) is 3.25. The van der Waals surface area contributed by atoms with Crippen molar-refractivity contribution in [3.8, 4) is 0 Å². The van der Waals surface area contributed by atoms with E-state index in [9.17, 15) is 9.59 Å². The third-order valence-corrected chi connectivity index (χ3v) is 5.79. The molecule has 1 aliphatic heterocycles. The molecule has 0 aromatic heterocycles. The number of para-hydroxylation sites is 1. The third-order valence-electron chi connectivity index (χ3n) is 5.79. The largest absolute Gasteiger partial charge is 0.368 e. The minimum atomic E-state index is -0.189. The Bertz CT molecular complexity index is 827. The highest BCUT2D eigenvalue weighted by molar-refractivity contribution is 5.99. The molecule has 2 amide bonds. The van der Waals surface area contributed by atoms with Gasteiger partial charge in [-0.2, -0.15) is 0 Å². The molecule has 0 radical (unpaired) electrons. The number of carbonyl (C=O) groups is 2. The van der Waals surface area contributed by atoms with Crippen molar-refractivity contribution in [2.75, 3.05) is 36.4 Å². The van der Waals surface area contributed by atoms with Crippen LogP contribution < -0.4 is 10.2 Å². The monoisotopic (exact) mass is 377 g/mol. The Hall–Kier alpha value is -2.82. The van der Waals surface area contributed by atoms with Crippen molar-refractivity contribution in [3.05, 3.63) is 60.2 Å². The number of carbonyl (C=O) groups excluding carboxylic acids is 2. The number of nitrogens with zero attached hydrogens (tertiary/aromatic N) is 2. The normalized spacial score (nSPS) is 21.3. The first kappa shape index (κ1) is 18.5. The van der Waals surface area contributed by atoms with Gasteiger partial charge in [0.25, 0.3) is 0 Å². The zero-order chi connectivity index (χ0) is 19.5. The summed E-state index contributed by atoms with van der Waals surface area (Å²) in [5, 5.41) is 2.95. The van der Waals surface area contributed by atoms with Crippen molar-refractivity contribution in [2.45, 2.75) is 19.8 Å². The van der Waals surface area contributed by atoms with Gasteiger partial charge < -0.3 is 15.1 Å². The number of amides is 2. The Balaban J connectivity index is 1.27. The highest BCUT2D eigenvalue weighted by Crippen LogP contribution is 2.41. The molecule has 2 unspecified atom stereocenters. The molecule has 1 saturated carbocycles. The predicted octanol–water partition coefficient (Wildman–Crippen LogP) is 3.17. The first-order chi connectivity index (χ1) is 13.7. The van der Waals surface area contributed by atoms with Crippen LogP contribution >= 0.6 is 0 Å². The second-order valence-electron chi connectivity index (χ2n) is 7.64. The van der Waals surface area contributed by atoms with E-state index in [1.165, 1.54) is 11.3 Å². The van der Waals surface area contributed by atoms with Gasteiger partial charge >= 0.3 is 0 Å². The van der Waals surface area contributed by atoms with E-state index in [1.54, 1.807) is 0 Å². The van der Waals surface area contributed by atoms with Gasteiger partial charge in [0.05, 0.1) is 11.8 Å². The van der Waals surface area contributed by atoms with Crippen LogP contribution in [0.15, 0.2) is 54.6 Å². The minimum absolute atomic E-state index is 0.0366. The first-order valence-corrected chi connectivity index (χ1v) is 10.1. The van der Waals surface area contributed by atoms with E-state index < -0.39 is 0 Å². The van der Waals surface area contributed by atoms with Crippen LogP contribution in [0.5, 0.6) is 0 Å². The fraction of sp³-hybridized carbons (Fsp3) is 0.391. The second-order valence-corrected chi connectivity index (χ2v) is 7.64. The molecule has 2 atom stereocenters. The Morgan fingerprint density at radius 3 is 2.25 bits per heavy atom. The van der Waals surface area contributed by atoms with Crippen LogP contribution in [0.25, 0.3) is 0 Å². The SMILES string of the molecule is CCc1ccc(NC(=O)C2CC2C(=O)N2CCN(c3ccccc3)CC2)cc1. The van der Waals surface area contributed by atoms with Gasteiger partial charge in [-0.25, -0.2) is 0 Å². The van der Waals surface area contributed by atoms with Gasteiger partial charge in [0.2, 0.25) is 11.8 Å². The van der Waals surface area contributed by atoms with E-state index in [1.807, 2.05) is 47.4 Å². The Kier molecular flexibility index (Phi) is 5.33. The minimum Gasteiger partial charge on any atom is -0.368 e. The highest BCUT2D eigenvalue weighted by Gasteiger charge is 2.49. The van der Waals surface area contributed by atoms with E-state index in [2.05, 4.69) is 29.3 Å². The number of nitrogens with one attached hydrogen (secondary N) is 1. The number of hydrogen-bond acceptors (Lipinski definition) is 3. The lowest BCUT2D eigenvalue weighted by molar-refractivity contribution is -0.134. The highest BCUT2D eigenvalue weighted by atomic mass is 16.2. The molecular formula is C23H27N3O2. The molecule has 28 heavy (non-hydrogen) atoms. The maximum atomic E-state index is 12.8. The van der Waals surface area contributed by atoms with E-state index >= 15 is 0 Å². The van der Waals surface area contributed by atoms with Gasteiger partial charge in [-0.3, -0.25) is 9.59 Å². The molecule has 0 bridgehead atoms. The molecule has 1 N–H and O–H groups in total. The van der Waals surface area contributed by atoms with Crippen molar-refractivity contribution in [1.29, 1.82) is 0 Å². The zero-order valence-corrected chi connectivity index (χ0v) is 16.3. The van der Waals surface area contributed by atoms with Crippen molar-refractivity contribution >= 4 is 23.2 Å². The first-order valence-electron chi connectivity index (χ1n) is 10.1. The lowest BCUT2D eigenvalue weighted by Gasteiger charge is -2.36. The van der Waals surface area contributed by atoms with E-state index in [0.29, 0.717) is 6.42 Å². The van der Waals surface area contributed by atoms with Crippen LogP contribution in [-0.2, 0) is 16.0 Å². The van der Waals surface area contributed by atoms with Gasteiger partial charge in [-0.05, 0) is 42.7 Å². The van der Waals surface area contributed by atoms with Gasteiger partial charge in [-0.1, -0.05) is 37.3 Å². The molecule has 1 heterocycles. The lowest BCUT2D eigenvalue weighted by Crippen LogP contribution is -2.49. The molecule has 2 aliphatic rings. The summed E-state index contributed by atoms with van der Waals surface area (Å²) in [4.78, 5) is 29.5. The second kappa shape index (κ2) is 8.05. The van der Waals surface area contributed by atoms with E-state index in [-0.39, 0.29) is 23.7 Å². The summed E-state index contributed by atoms with van der Waals surface area (Å²) in [7, 11) is 0. The van der Waals surface area contributed by atoms with E-state index in [4.69, 9.17) is 0 Å². The standard InChI is InChI=1S/C23H27N3O2/c1-2-17-8-10-18(11-9-17)24-22(27)20-16-21(20)23(28)26-14-12-25(13-15-26)19-6-4-3-5-7-19/h3-11,20-21H,2,12-16H2,1H3,(H,24,27). The van der Waals surface area contributed by atoms with Crippen molar-refractivity contribution in [1.82, 2.24) is 4.90 Å². The molecule has 2 aromatic carbocycles. The molecule has 4 rings (SSSR count). The van der Waals surface area contributed by atoms with Crippen LogP contribution in [-0.4, -0.2) is 42.9 Å². The number of anilines is 2. The predicted molar refractivity (Wildman–Crippen MR) is 111 cm³/mol. The topological polar surface area (TPSA) is 52.7 Å². The molecule has 1 aliphatic carbocycles. The smallest absolute Gasteiger partial charge is 0.228 e. The summed E-state index contributed by atoms with van der Waals surface area (Å²) < 4.78 is 0. The molecule has 146 valence electrons. The number of aryl methyl sites for hydroxylation is 1. The van der Waals surface area contributed by atoms with Gasteiger partial charge in [0.15, 0.2) is 0 Å². The summed E-state index contributed by atoms with van der Waals surface area (Å²) in [6.07, 6.45) is 1.64. The van der Waals surface area contributed by atoms with Crippen LogP contribution in [0, 0.1) is 11.8 Å². The van der Waals surface area contributed by atoms with Gasteiger partial charge in [0.1, 0.15) is 0 Å². The Labute approximate surface area is 166 Å². The fourth-order valence-corrected chi connectivity index (χ4v) is 3.87. The summed E-state index contributed by atoms with van der Waals surface area (Å²) in [6.45, 7) is 5.22. The quantitative estimate of drug-likeness (QED) is 0.871. The molecule has 5 heteroatoms. The lowest BCUT2D eigenvalue weighted by atomic mass is 10.1. The number of rotatable bonds is 5. The zero-order valence-electron chi connectivity index (χ0n) is 16.3. The van der Waals surface area contributed by atoms with Crippen LogP contribution in [0.2, 0.25) is 0 Å². The average molecular weight is 377 g/mol. The molecule has 0 spiro atoms. The fourth-order valence-electron chi connectivity index (χ4n) is 3.87. The average Bonchev–Trinajstić information content (AvgIpc) is 3.56. The molecule has 2 fully saturated rings. The van der Waals surface area contributed by atoms with Crippen LogP contribution in [0.3, 0.4) is 0 Å². The van der Waals surface area contributed by atoms with Gasteiger partial charge in [0, 0.05) is 37.6 Å². The van der Waals surface area contributed by atoms with Gasteiger partial charge in [-0.15, -0.1) is 0 Å². The number of benzene rings is 2. The molecule has 5 nitrogen and oxygen atoms in total. The summed E-state index contributed by atoms with van der Waals surface area (Å²) in [5.74, 6) is -0.247. The van der Waals surface area contributed by atoms with Crippen molar-refractivity contribution in [2.24, 2.45) is 11.8 Å². The molecular weight excluding hydrogens is 350 g/mol. The van der Waals surface area contributed by atoms with E-state index in [0.717, 1.165) is 38.3 Å². The van der Waals surface area contributed by atoms with Crippen LogP contribution in [0.4, 0.5) is 11.4 Å². The summed E-state index contributed by atoms with van der Waals surface area (Å²) >= 11 is 0. The molecule has 2 aromatic rings. The summed E-state index contributed by atoms with van der Waals surface area (Å²) in [6, 6.07) is 18.2. The maximum Gasteiger partial charge on any atom is 0.228 e. The maximum absolute atomic E-state index is 12.8. The van der Waals surface area contributed by atoms with Crippen molar-refractivity contribution in [3.63, 3.8) is 0 Å². The van der Waals surface area contributed by atoms with Crippen molar-refractivity contribution < 1.29 is 9.59 Å².